The molecule has 1 fully saturated rings. The molecule has 2 aliphatic rings. The number of carbonyl (C=O) groups is 1. The first-order valence-corrected chi connectivity index (χ1v) is 9.21. The standard InChI is InChI=1S/C17H21N5OS/c23-16(15-12-19-17(24-15)21-10-7-18-8-11-21)20-22-9-3-5-13-4-1-2-6-14(13)22/h1-2,4,6,12,18H,3,5,7-11H2,(H,20,23). The van der Waals surface area contributed by atoms with Crippen LogP contribution in [-0.2, 0) is 6.42 Å². The first-order valence-electron chi connectivity index (χ1n) is 8.39. The number of amides is 1. The Bertz CT molecular complexity index is 725. The van der Waals surface area contributed by atoms with Crippen molar-refractivity contribution in [3.8, 4) is 0 Å². The summed E-state index contributed by atoms with van der Waals surface area (Å²) in [7, 11) is 0. The molecule has 4 rings (SSSR count). The molecule has 0 saturated carbocycles. The molecule has 0 spiro atoms. The summed E-state index contributed by atoms with van der Waals surface area (Å²) in [6.07, 6.45) is 3.80. The van der Waals surface area contributed by atoms with E-state index in [4.69, 9.17) is 0 Å². The summed E-state index contributed by atoms with van der Waals surface area (Å²) in [5.41, 5.74) is 5.43. The molecule has 24 heavy (non-hydrogen) atoms. The van der Waals surface area contributed by atoms with Gasteiger partial charge in [-0.2, -0.15) is 0 Å². The summed E-state index contributed by atoms with van der Waals surface area (Å²) in [5.74, 6) is -0.0782. The summed E-state index contributed by atoms with van der Waals surface area (Å²) >= 11 is 1.47. The number of carbonyl (C=O) groups excluding carboxylic acids is 1. The molecule has 3 heterocycles. The van der Waals surface area contributed by atoms with Gasteiger partial charge in [0.25, 0.3) is 5.91 Å². The molecule has 1 saturated heterocycles. The van der Waals surface area contributed by atoms with Gasteiger partial charge in [0.2, 0.25) is 0 Å². The number of rotatable bonds is 3. The van der Waals surface area contributed by atoms with Crippen LogP contribution in [0, 0.1) is 0 Å². The van der Waals surface area contributed by atoms with E-state index in [1.54, 1.807) is 6.20 Å². The summed E-state index contributed by atoms with van der Waals surface area (Å²) < 4.78 is 0. The molecule has 2 aliphatic heterocycles. The molecule has 2 aromatic rings. The molecule has 6 nitrogen and oxygen atoms in total. The highest BCUT2D eigenvalue weighted by Gasteiger charge is 2.21. The van der Waals surface area contributed by atoms with Crippen LogP contribution in [0.3, 0.4) is 0 Å². The fourth-order valence-corrected chi connectivity index (χ4v) is 4.06. The van der Waals surface area contributed by atoms with Crippen LogP contribution in [0.5, 0.6) is 0 Å². The van der Waals surface area contributed by atoms with Gasteiger partial charge in [0.1, 0.15) is 4.88 Å². The molecule has 0 radical (unpaired) electrons. The maximum atomic E-state index is 12.6. The van der Waals surface area contributed by atoms with E-state index in [0.717, 1.165) is 56.4 Å². The second kappa shape index (κ2) is 6.78. The lowest BCUT2D eigenvalue weighted by molar-refractivity contribution is 0.0952. The van der Waals surface area contributed by atoms with E-state index < -0.39 is 0 Å². The average molecular weight is 343 g/mol. The molecule has 0 unspecified atom stereocenters. The van der Waals surface area contributed by atoms with Crippen LogP contribution in [0.4, 0.5) is 10.8 Å². The van der Waals surface area contributed by atoms with Crippen molar-refractivity contribution in [3.05, 3.63) is 40.9 Å². The van der Waals surface area contributed by atoms with Crippen molar-refractivity contribution < 1.29 is 4.79 Å². The van der Waals surface area contributed by atoms with Crippen LogP contribution < -0.4 is 20.7 Å². The molecule has 0 atom stereocenters. The van der Waals surface area contributed by atoms with Crippen molar-refractivity contribution in [2.45, 2.75) is 12.8 Å². The number of hydrogen-bond donors (Lipinski definition) is 2. The topological polar surface area (TPSA) is 60.5 Å². The molecule has 126 valence electrons. The quantitative estimate of drug-likeness (QED) is 0.887. The van der Waals surface area contributed by atoms with Gasteiger partial charge in [-0.15, -0.1) is 0 Å². The third-order valence-electron chi connectivity index (χ3n) is 4.45. The smallest absolute Gasteiger partial charge is 0.281 e. The minimum absolute atomic E-state index is 0.0782. The largest absolute Gasteiger partial charge is 0.346 e. The fraction of sp³-hybridized carbons (Fsp3) is 0.412. The van der Waals surface area contributed by atoms with Crippen molar-refractivity contribution in [1.29, 1.82) is 0 Å². The van der Waals surface area contributed by atoms with Crippen LogP contribution in [-0.4, -0.2) is 43.6 Å². The monoisotopic (exact) mass is 343 g/mol. The third kappa shape index (κ3) is 3.09. The number of benzene rings is 1. The Morgan fingerprint density at radius 2 is 2.04 bits per heavy atom. The van der Waals surface area contributed by atoms with Gasteiger partial charge in [-0.05, 0) is 24.5 Å². The Hall–Kier alpha value is -2.12. The van der Waals surface area contributed by atoms with E-state index in [1.807, 2.05) is 17.1 Å². The lowest BCUT2D eigenvalue weighted by atomic mass is 10.0. The molecule has 7 heteroatoms. The third-order valence-corrected chi connectivity index (χ3v) is 5.51. The number of aryl methyl sites for hydroxylation is 1. The van der Waals surface area contributed by atoms with E-state index in [9.17, 15) is 4.79 Å². The van der Waals surface area contributed by atoms with Crippen LogP contribution in [0.2, 0.25) is 0 Å². The second-order valence-corrected chi connectivity index (χ2v) is 7.08. The Morgan fingerprint density at radius 3 is 2.92 bits per heavy atom. The Morgan fingerprint density at radius 1 is 1.21 bits per heavy atom. The van der Waals surface area contributed by atoms with E-state index in [2.05, 4.69) is 32.8 Å². The van der Waals surface area contributed by atoms with E-state index in [1.165, 1.54) is 16.9 Å². The zero-order valence-corrected chi connectivity index (χ0v) is 14.3. The predicted octanol–water partition coefficient (Wildman–Crippen LogP) is 1.65. The number of thiazole rings is 1. The number of hydrazine groups is 1. The van der Waals surface area contributed by atoms with E-state index in [0.29, 0.717) is 4.88 Å². The van der Waals surface area contributed by atoms with Gasteiger partial charge in [-0.25, -0.2) is 4.98 Å². The van der Waals surface area contributed by atoms with Gasteiger partial charge in [0.15, 0.2) is 5.13 Å². The number of nitrogens with one attached hydrogen (secondary N) is 2. The molecule has 1 aromatic heterocycles. The Kier molecular flexibility index (Phi) is 4.36. The number of nitrogens with zero attached hydrogens (tertiary/aromatic N) is 3. The molecule has 0 aliphatic carbocycles. The summed E-state index contributed by atoms with van der Waals surface area (Å²) in [4.78, 5) is 19.9. The maximum absolute atomic E-state index is 12.6. The summed E-state index contributed by atoms with van der Waals surface area (Å²) in [6, 6.07) is 8.25. The van der Waals surface area contributed by atoms with Crippen LogP contribution in [0.25, 0.3) is 0 Å². The molecule has 0 bridgehead atoms. The van der Waals surface area contributed by atoms with E-state index >= 15 is 0 Å². The van der Waals surface area contributed by atoms with Gasteiger partial charge in [0.05, 0.1) is 11.9 Å². The van der Waals surface area contributed by atoms with Crippen molar-refractivity contribution in [2.24, 2.45) is 0 Å². The first kappa shape index (κ1) is 15.4. The number of piperazine rings is 1. The fourth-order valence-electron chi connectivity index (χ4n) is 3.20. The van der Waals surface area contributed by atoms with Crippen LogP contribution in [0.15, 0.2) is 30.5 Å². The summed E-state index contributed by atoms with van der Waals surface area (Å²) in [6.45, 7) is 4.64. The van der Waals surface area contributed by atoms with Gasteiger partial charge in [-0.1, -0.05) is 29.5 Å². The first-order chi connectivity index (χ1) is 11.8. The van der Waals surface area contributed by atoms with Crippen molar-refractivity contribution in [3.63, 3.8) is 0 Å². The maximum Gasteiger partial charge on any atom is 0.281 e. The van der Waals surface area contributed by atoms with E-state index in [-0.39, 0.29) is 5.91 Å². The minimum atomic E-state index is -0.0782. The zero-order valence-electron chi connectivity index (χ0n) is 13.5. The lowest BCUT2D eigenvalue weighted by Gasteiger charge is -2.31. The molecular weight excluding hydrogens is 322 g/mol. The number of para-hydroxylation sites is 1. The average Bonchev–Trinajstić information content (AvgIpc) is 3.13. The van der Waals surface area contributed by atoms with Crippen molar-refractivity contribution in [2.75, 3.05) is 42.6 Å². The predicted molar refractivity (Wildman–Crippen MR) is 96.8 cm³/mol. The normalized spacial score (nSPS) is 17.5. The minimum Gasteiger partial charge on any atom is -0.346 e. The van der Waals surface area contributed by atoms with Gasteiger partial charge < -0.3 is 10.2 Å². The zero-order chi connectivity index (χ0) is 16.4. The second-order valence-electron chi connectivity index (χ2n) is 6.07. The van der Waals surface area contributed by atoms with Gasteiger partial charge >= 0.3 is 0 Å². The summed E-state index contributed by atoms with van der Waals surface area (Å²) in [5, 5.41) is 6.22. The van der Waals surface area contributed by atoms with Crippen LogP contribution >= 0.6 is 11.3 Å². The molecule has 1 amide bonds. The van der Waals surface area contributed by atoms with Crippen molar-refractivity contribution >= 4 is 28.1 Å². The highest BCUT2D eigenvalue weighted by atomic mass is 32.1. The molecule has 1 aromatic carbocycles. The highest BCUT2D eigenvalue weighted by molar-refractivity contribution is 7.17. The SMILES string of the molecule is O=C(NN1CCCc2ccccc21)c1cnc(N2CCNCC2)s1. The Labute approximate surface area is 145 Å². The van der Waals surface area contributed by atoms with Crippen molar-refractivity contribution in [1.82, 2.24) is 15.7 Å². The van der Waals surface area contributed by atoms with Gasteiger partial charge in [0, 0.05) is 32.7 Å². The number of anilines is 2. The number of fused-ring (bicyclic) bond motifs is 1. The lowest BCUT2D eigenvalue weighted by Crippen LogP contribution is -2.45. The molecule has 2 N–H and O–H groups in total. The molecular formula is C17H21N5OS. The van der Waals surface area contributed by atoms with Crippen LogP contribution in [0.1, 0.15) is 21.7 Å². The number of aromatic nitrogens is 1. The highest BCUT2D eigenvalue weighted by Crippen LogP contribution is 2.26. The Balaban J connectivity index is 1.46. The number of hydrogen-bond acceptors (Lipinski definition) is 6. The van der Waals surface area contributed by atoms with Gasteiger partial charge in [-0.3, -0.25) is 15.2 Å².